The van der Waals surface area contributed by atoms with E-state index in [0.29, 0.717) is 30.4 Å². The number of esters is 1. The number of aromatic nitrogens is 2. The van der Waals surface area contributed by atoms with E-state index in [1.807, 2.05) is 47.8 Å². The minimum absolute atomic E-state index is 0.311. The number of nitrogens with one attached hydrogen (secondary N) is 1. The van der Waals surface area contributed by atoms with Crippen LogP contribution in [0.5, 0.6) is 0 Å². The molecule has 0 aliphatic heterocycles. The van der Waals surface area contributed by atoms with E-state index in [2.05, 4.69) is 15.3 Å². The van der Waals surface area contributed by atoms with Gasteiger partial charge < -0.3 is 10.1 Å². The van der Waals surface area contributed by atoms with Crippen LogP contribution in [0.25, 0.3) is 11.3 Å². The van der Waals surface area contributed by atoms with Gasteiger partial charge in [0.15, 0.2) is 0 Å². The smallest absolute Gasteiger partial charge is 0.341 e. The van der Waals surface area contributed by atoms with Crippen molar-refractivity contribution in [1.29, 1.82) is 0 Å². The maximum atomic E-state index is 12.2. The molecule has 0 aliphatic rings. The van der Waals surface area contributed by atoms with Gasteiger partial charge in [0.05, 0.1) is 18.8 Å². The monoisotopic (exact) mass is 339 g/mol. The van der Waals surface area contributed by atoms with Gasteiger partial charge in [-0.2, -0.15) is 0 Å². The number of carbonyl (C=O) groups excluding carboxylic acids is 1. The second-order valence-corrected chi connectivity index (χ2v) is 6.01. The van der Waals surface area contributed by atoms with Crippen LogP contribution < -0.4 is 5.32 Å². The Bertz CT molecular complexity index is 804. The maximum absolute atomic E-state index is 12.2. The Morgan fingerprint density at radius 1 is 1.21 bits per heavy atom. The quantitative estimate of drug-likeness (QED) is 0.688. The standard InChI is InChI=1S/C18H17N3O2S/c1-2-23-17(22)15-12-20-18(19-11-14-9-6-10-24-14)21-16(15)13-7-4-3-5-8-13/h3-10,12H,2,11H2,1H3,(H,19,20,21). The van der Waals surface area contributed by atoms with E-state index < -0.39 is 5.97 Å². The van der Waals surface area contributed by atoms with Crippen LogP contribution in [-0.2, 0) is 11.3 Å². The molecule has 3 rings (SSSR count). The second-order valence-electron chi connectivity index (χ2n) is 4.98. The summed E-state index contributed by atoms with van der Waals surface area (Å²) >= 11 is 1.67. The lowest BCUT2D eigenvalue weighted by Crippen LogP contribution is -2.11. The molecule has 0 radical (unpaired) electrons. The van der Waals surface area contributed by atoms with E-state index in [-0.39, 0.29) is 0 Å². The molecule has 0 saturated heterocycles. The Balaban J connectivity index is 1.91. The topological polar surface area (TPSA) is 64.1 Å². The number of benzene rings is 1. The first kappa shape index (κ1) is 16.1. The Labute approximate surface area is 144 Å². The lowest BCUT2D eigenvalue weighted by Gasteiger charge is -2.10. The van der Waals surface area contributed by atoms with Crippen LogP contribution in [0.15, 0.2) is 54.0 Å². The zero-order valence-corrected chi connectivity index (χ0v) is 14.0. The number of carbonyl (C=O) groups is 1. The Kier molecular flexibility index (Phi) is 5.18. The first-order valence-electron chi connectivity index (χ1n) is 7.63. The van der Waals surface area contributed by atoms with Gasteiger partial charge in [0.1, 0.15) is 5.56 Å². The summed E-state index contributed by atoms with van der Waals surface area (Å²) in [6, 6.07) is 13.6. The van der Waals surface area contributed by atoms with Crippen LogP contribution in [0.2, 0.25) is 0 Å². The molecule has 6 heteroatoms. The molecule has 0 amide bonds. The number of nitrogens with zero attached hydrogens (tertiary/aromatic N) is 2. The van der Waals surface area contributed by atoms with E-state index >= 15 is 0 Å². The fourth-order valence-electron chi connectivity index (χ4n) is 2.22. The predicted octanol–water partition coefficient (Wildman–Crippen LogP) is 3.99. The molecule has 1 aromatic carbocycles. The second kappa shape index (κ2) is 7.70. The van der Waals surface area contributed by atoms with Crippen LogP contribution >= 0.6 is 11.3 Å². The van der Waals surface area contributed by atoms with E-state index in [1.165, 1.54) is 11.1 Å². The molecule has 0 bridgehead atoms. The van der Waals surface area contributed by atoms with Crippen LogP contribution in [-0.4, -0.2) is 22.5 Å². The predicted molar refractivity (Wildman–Crippen MR) is 95.1 cm³/mol. The first-order valence-corrected chi connectivity index (χ1v) is 8.51. The summed E-state index contributed by atoms with van der Waals surface area (Å²) in [5.41, 5.74) is 1.78. The third kappa shape index (κ3) is 3.78. The van der Waals surface area contributed by atoms with Gasteiger partial charge in [-0.25, -0.2) is 14.8 Å². The van der Waals surface area contributed by atoms with Crippen molar-refractivity contribution in [2.24, 2.45) is 0 Å². The van der Waals surface area contributed by atoms with Crippen molar-refractivity contribution in [2.75, 3.05) is 11.9 Å². The molecule has 2 aromatic heterocycles. The van der Waals surface area contributed by atoms with Crippen LogP contribution in [0.3, 0.4) is 0 Å². The maximum Gasteiger partial charge on any atom is 0.341 e. The Morgan fingerprint density at radius 3 is 2.75 bits per heavy atom. The molecule has 3 aromatic rings. The number of rotatable bonds is 6. The lowest BCUT2D eigenvalue weighted by molar-refractivity contribution is 0.0526. The summed E-state index contributed by atoms with van der Waals surface area (Å²) in [6.07, 6.45) is 1.52. The summed E-state index contributed by atoms with van der Waals surface area (Å²) in [6.45, 7) is 2.73. The van der Waals surface area contributed by atoms with Gasteiger partial charge in [-0.3, -0.25) is 0 Å². The highest BCUT2D eigenvalue weighted by atomic mass is 32.1. The number of hydrogen-bond acceptors (Lipinski definition) is 6. The van der Waals surface area contributed by atoms with E-state index in [9.17, 15) is 4.79 Å². The normalized spacial score (nSPS) is 10.4. The van der Waals surface area contributed by atoms with Crippen molar-refractivity contribution in [1.82, 2.24) is 9.97 Å². The fraction of sp³-hybridized carbons (Fsp3) is 0.167. The van der Waals surface area contributed by atoms with Crippen molar-refractivity contribution in [2.45, 2.75) is 13.5 Å². The Hall–Kier alpha value is -2.73. The third-order valence-electron chi connectivity index (χ3n) is 3.33. The molecule has 1 N–H and O–H groups in total. The number of hydrogen-bond donors (Lipinski definition) is 1. The molecule has 0 spiro atoms. The molecule has 0 saturated carbocycles. The van der Waals surface area contributed by atoms with Gasteiger partial charge in [-0.05, 0) is 18.4 Å². The highest BCUT2D eigenvalue weighted by molar-refractivity contribution is 7.09. The molecule has 0 atom stereocenters. The summed E-state index contributed by atoms with van der Waals surface area (Å²) in [7, 11) is 0. The van der Waals surface area contributed by atoms with E-state index in [0.717, 1.165) is 5.56 Å². The van der Waals surface area contributed by atoms with Crippen molar-refractivity contribution in [3.63, 3.8) is 0 Å². The van der Waals surface area contributed by atoms with Gasteiger partial charge in [-0.1, -0.05) is 36.4 Å². The minimum Gasteiger partial charge on any atom is -0.462 e. The van der Waals surface area contributed by atoms with Gasteiger partial charge in [0.25, 0.3) is 0 Å². The molecule has 0 unspecified atom stereocenters. The molecular weight excluding hydrogens is 322 g/mol. The van der Waals surface area contributed by atoms with Gasteiger partial charge >= 0.3 is 5.97 Å². The van der Waals surface area contributed by atoms with Crippen molar-refractivity contribution >= 4 is 23.3 Å². The fourth-order valence-corrected chi connectivity index (χ4v) is 2.87. The summed E-state index contributed by atoms with van der Waals surface area (Å²) in [5.74, 6) is 0.0662. The van der Waals surface area contributed by atoms with Gasteiger partial charge in [-0.15, -0.1) is 11.3 Å². The molecule has 24 heavy (non-hydrogen) atoms. The highest BCUT2D eigenvalue weighted by Gasteiger charge is 2.17. The summed E-state index contributed by atoms with van der Waals surface area (Å²) in [5, 5.41) is 5.22. The van der Waals surface area contributed by atoms with Crippen LogP contribution in [0.4, 0.5) is 5.95 Å². The van der Waals surface area contributed by atoms with Crippen molar-refractivity contribution in [3.05, 3.63) is 64.5 Å². The first-order chi connectivity index (χ1) is 11.8. The molecule has 122 valence electrons. The van der Waals surface area contributed by atoms with E-state index in [1.54, 1.807) is 18.3 Å². The number of anilines is 1. The third-order valence-corrected chi connectivity index (χ3v) is 4.21. The summed E-state index contributed by atoms with van der Waals surface area (Å²) in [4.78, 5) is 22.1. The molecule has 0 aliphatic carbocycles. The SMILES string of the molecule is CCOC(=O)c1cnc(NCc2cccs2)nc1-c1ccccc1. The van der Waals surface area contributed by atoms with Gasteiger partial charge in [0, 0.05) is 16.6 Å². The Morgan fingerprint density at radius 2 is 2.04 bits per heavy atom. The molecule has 0 fully saturated rings. The molecular formula is C18H17N3O2S. The largest absolute Gasteiger partial charge is 0.462 e. The van der Waals surface area contributed by atoms with Crippen molar-refractivity contribution < 1.29 is 9.53 Å². The highest BCUT2D eigenvalue weighted by Crippen LogP contribution is 2.23. The molecule has 5 nitrogen and oxygen atoms in total. The average Bonchev–Trinajstić information content (AvgIpc) is 3.14. The summed E-state index contributed by atoms with van der Waals surface area (Å²) < 4.78 is 5.11. The van der Waals surface area contributed by atoms with Gasteiger partial charge in [0.2, 0.25) is 5.95 Å². The molecule has 2 heterocycles. The minimum atomic E-state index is -0.416. The van der Waals surface area contributed by atoms with Crippen LogP contribution in [0, 0.1) is 0 Å². The zero-order chi connectivity index (χ0) is 16.8. The van der Waals surface area contributed by atoms with Crippen LogP contribution in [0.1, 0.15) is 22.2 Å². The zero-order valence-electron chi connectivity index (χ0n) is 13.2. The number of ether oxygens (including phenoxy) is 1. The lowest BCUT2D eigenvalue weighted by atomic mass is 10.1. The van der Waals surface area contributed by atoms with Crippen molar-refractivity contribution in [3.8, 4) is 11.3 Å². The number of thiophene rings is 1. The van der Waals surface area contributed by atoms with E-state index in [4.69, 9.17) is 4.74 Å². The average molecular weight is 339 g/mol.